The molecule has 0 amide bonds. The third-order valence-corrected chi connectivity index (χ3v) is 6.23. The first kappa shape index (κ1) is 17.6. The first-order valence-electron chi connectivity index (χ1n) is 9.96. The summed E-state index contributed by atoms with van der Waals surface area (Å²) in [5, 5.41) is 3.63. The summed E-state index contributed by atoms with van der Waals surface area (Å²) in [5.74, 6) is 0. The van der Waals surface area contributed by atoms with Gasteiger partial charge in [-0.25, -0.2) is 0 Å². The summed E-state index contributed by atoms with van der Waals surface area (Å²) in [6.07, 6.45) is 14.0. The zero-order chi connectivity index (χ0) is 17.7. The zero-order valence-electron chi connectivity index (χ0n) is 15.5. The molecule has 1 aliphatic carbocycles. The molecular weight excluding hydrogens is 322 g/mol. The molecule has 4 heteroatoms. The van der Waals surface area contributed by atoms with Crippen LogP contribution in [0, 0.1) is 0 Å². The van der Waals surface area contributed by atoms with E-state index in [0.717, 1.165) is 39.0 Å². The normalized spacial score (nSPS) is 24.8. The molecule has 4 nitrogen and oxygen atoms in total. The maximum absolute atomic E-state index is 6.32. The number of nitrogens with one attached hydrogen (secondary N) is 1. The Morgan fingerprint density at radius 2 is 1.85 bits per heavy atom. The molecule has 0 radical (unpaired) electrons. The topological polar surface area (TPSA) is 47.0 Å². The third-order valence-electron chi connectivity index (χ3n) is 6.23. The van der Waals surface area contributed by atoms with Crippen molar-refractivity contribution in [3.8, 4) is 0 Å². The maximum Gasteiger partial charge on any atom is 0.0691 e. The monoisotopic (exact) mass is 351 g/mol. The minimum absolute atomic E-state index is 0.0981. The van der Waals surface area contributed by atoms with Crippen LogP contribution in [0.25, 0.3) is 0 Å². The highest BCUT2D eigenvalue weighted by Gasteiger charge is 2.48. The summed E-state index contributed by atoms with van der Waals surface area (Å²) in [7, 11) is 0. The molecule has 1 spiro atoms. The average Bonchev–Trinajstić information content (AvgIpc) is 3.14. The maximum atomic E-state index is 6.32. The molecule has 4 rings (SSSR count). The van der Waals surface area contributed by atoms with E-state index in [2.05, 4.69) is 34.6 Å². The van der Waals surface area contributed by atoms with Crippen LogP contribution in [0.2, 0.25) is 0 Å². The van der Waals surface area contributed by atoms with E-state index in [4.69, 9.17) is 9.72 Å². The van der Waals surface area contributed by atoms with Gasteiger partial charge in [-0.2, -0.15) is 0 Å². The van der Waals surface area contributed by atoms with Crippen molar-refractivity contribution in [2.75, 3.05) is 13.2 Å². The Balaban J connectivity index is 1.46. The summed E-state index contributed by atoms with van der Waals surface area (Å²) in [4.78, 5) is 8.86. The molecule has 2 aromatic heterocycles. The first-order chi connectivity index (χ1) is 12.8. The minimum atomic E-state index is 0.0981. The van der Waals surface area contributed by atoms with Crippen LogP contribution < -0.4 is 5.32 Å². The number of aromatic nitrogens is 2. The number of nitrogens with zero attached hydrogens (tertiary/aromatic N) is 2. The van der Waals surface area contributed by atoms with Gasteiger partial charge in [0.2, 0.25) is 0 Å². The van der Waals surface area contributed by atoms with E-state index in [9.17, 15) is 0 Å². The quantitative estimate of drug-likeness (QED) is 0.799. The number of hydrogen-bond donors (Lipinski definition) is 1. The summed E-state index contributed by atoms with van der Waals surface area (Å²) in [5.41, 5.74) is 2.77. The van der Waals surface area contributed by atoms with E-state index >= 15 is 0 Å². The van der Waals surface area contributed by atoms with Crippen LogP contribution in [0.5, 0.6) is 0 Å². The van der Waals surface area contributed by atoms with Gasteiger partial charge in [0.25, 0.3) is 0 Å². The van der Waals surface area contributed by atoms with Crippen LogP contribution in [0.15, 0.2) is 48.9 Å². The highest BCUT2D eigenvalue weighted by molar-refractivity contribution is 5.20. The van der Waals surface area contributed by atoms with Crippen LogP contribution in [-0.2, 0) is 16.7 Å². The molecule has 1 saturated carbocycles. The van der Waals surface area contributed by atoms with Crippen LogP contribution in [0.1, 0.15) is 56.2 Å². The Kier molecular flexibility index (Phi) is 5.32. The Morgan fingerprint density at radius 1 is 1.00 bits per heavy atom. The lowest BCUT2D eigenvalue weighted by atomic mass is 9.68. The zero-order valence-corrected chi connectivity index (χ0v) is 15.5. The second-order valence-electron chi connectivity index (χ2n) is 7.94. The van der Waals surface area contributed by atoms with Gasteiger partial charge in [0.05, 0.1) is 5.60 Å². The molecule has 138 valence electrons. The molecule has 1 N–H and O–H groups in total. The lowest BCUT2D eigenvalue weighted by Crippen LogP contribution is -2.47. The van der Waals surface area contributed by atoms with Crippen molar-refractivity contribution < 1.29 is 4.74 Å². The molecule has 0 bridgehead atoms. The van der Waals surface area contributed by atoms with Gasteiger partial charge in [-0.05, 0) is 68.5 Å². The van der Waals surface area contributed by atoms with Gasteiger partial charge in [0, 0.05) is 42.9 Å². The van der Waals surface area contributed by atoms with E-state index in [1.165, 1.54) is 36.9 Å². The van der Waals surface area contributed by atoms with E-state index < -0.39 is 0 Å². The van der Waals surface area contributed by atoms with Crippen LogP contribution >= 0.6 is 0 Å². The molecule has 0 unspecified atom stereocenters. The Hall–Kier alpha value is -1.78. The van der Waals surface area contributed by atoms with Gasteiger partial charge in [-0.15, -0.1) is 0 Å². The highest BCUT2D eigenvalue weighted by atomic mass is 16.5. The first-order valence-corrected chi connectivity index (χ1v) is 9.96. The number of ether oxygens (including phenoxy) is 1. The Labute approximate surface area is 156 Å². The predicted octanol–water partition coefficient (Wildman–Crippen LogP) is 4.02. The molecule has 2 aliphatic rings. The molecule has 26 heavy (non-hydrogen) atoms. The molecule has 2 aromatic rings. The van der Waals surface area contributed by atoms with Crippen molar-refractivity contribution in [3.05, 3.63) is 60.2 Å². The average molecular weight is 351 g/mol. The predicted molar refractivity (Wildman–Crippen MR) is 103 cm³/mol. The van der Waals surface area contributed by atoms with E-state index in [-0.39, 0.29) is 11.0 Å². The second kappa shape index (κ2) is 7.85. The molecule has 0 aromatic carbocycles. The molecule has 3 heterocycles. The molecular formula is C22H29N3O. The van der Waals surface area contributed by atoms with Gasteiger partial charge in [-0.3, -0.25) is 9.97 Å². The summed E-state index contributed by atoms with van der Waals surface area (Å²) < 4.78 is 6.32. The lowest BCUT2D eigenvalue weighted by molar-refractivity contribution is -0.104. The van der Waals surface area contributed by atoms with Crippen molar-refractivity contribution in [1.29, 1.82) is 0 Å². The SMILES string of the molecule is c1ccc([C@@]2(CCNCc3ccncc3)CCOC3(CCCC3)C2)nc1. The number of hydrogen-bond acceptors (Lipinski definition) is 4. The third kappa shape index (κ3) is 3.81. The van der Waals surface area contributed by atoms with Crippen LogP contribution in [0.4, 0.5) is 0 Å². The minimum Gasteiger partial charge on any atom is -0.375 e. The molecule has 1 atom stereocenters. The molecule has 1 saturated heterocycles. The van der Waals surface area contributed by atoms with Crippen molar-refractivity contribution >= 4 is 0 Å². The van der Waals surface area contributed by atoms with Crippen molar-refractivity contribution in [3.63, 3.8) is 0 Å². The number of pyridine rings is 2. The smallest absolute Gasteiger partial charge is 0.0691 e. The summed E-state index contributed by atoms with van der Waals surface area (Å²) in [6.45, 7) is 2.75. The second-order valence-corrected chi connectivity index (χ2v) is 7.94. The fourth-order valence-electron chi connectivity index (χ4n) is 4.86. The summed E-state index contributed by atoms with van der Waals surface area (Å²) in [6, 6.07) is 10.5. The van der Waals surface area contributed by atoms with Crippen LogP contribution in [0.3, 0.4) is 0 Å². The Bertz CT molecular complexity index is 685. The van der Waals surface area contributed by atoms with Gasteiger partial charge in [-0.1, -0.05) is 18.9 Å². The molecule has 1 aliphatic heterocycles. The van der Waals surface area contributed by atoms with Crippen molar-refractivity contribution in [1.82, 2.24) is 15.3 Å². The molecule has 2 fully saturated rings. The van der Waals surface area contributed by atoms with Gasteiger partial charge < -0.3 is 10.1 Å². The highest BCUT2D eigenvalue weighted by Crippen LogP contribution is 2.49. The summed E-state index contributed by atoms with van der Waals surface area (Å²) >= 11 is 0. The van der Waals surface area contributed by atoms with Crippen molar-refractivity contribution in [2.24, 2.45) is 0 Å². The van der Waals surface area contributed by atoms with Crippen molar-refractivity contribution in [2.45, 2.75) is 62.5 Å². The van der Waals surface area contributed by atoms with E-state index in [1.807, 2.05) is 24.7 Å². The Morgan fingerprint density at radius 3 is 2.62 bits per heavy atom. The number of rotatable bonds is 6. The largest absolute Gasteiger partial charge is 0.375 e. The van der Waals surface area contributed by atoms with Gasteiger partial charge in [0.15, 0.2) is 0 Å². The van der Waals surface area contributed by atoms with E-state index in [1.54, 1.807) is 0 Å². The lowest BCUT2D eigenvalue weighted by Gasteiger charge is -2.46. The fraction of sp³-hybridized carbons (Fsp3) is 0.545. The van der Waals surface area contributed by atoms with Crippen LogP contribution in [-0.4, -0.2) is 28.7 Å². The standard InChI is InChI=1S/C22H29N3O/c1-4-12-25-20(5-1)21(10-15-24-17-19-6-13-23-14-7-19)11-16-26-22(18-21)8-2-3-9-22/h1,4-7,12-14,24H,2-3,8-11,15-18H2/t21-/m0/s1. The van der Waals surface area contributed by atoms with E-state index in [0.29, 0.717) is 0 Å². The fourth-order valence-corrected chi connectivity index (χ4v) is 4.86. The van der Waals surface area contributed by atoms with Gasteiger partial charge in [0.1, 0.15) is 0 Å². The van der Waals surface area contributed by atoms with Gasteiger partial charge >= 0.3 is 0 Å².